The van der Waals surface area contributed by atoms with Crippen molar-refractivity contribution in [3.63, 3.8) is 0 Å². The molecule has 2 N–H and O–H groups in total. The highest BCUT2D eigenvalue weighted by Crippen LogP contribution is 2.25. The second kappa shape index (κ2) is 10.9. The molecule has 7 nitrogen and oxygen atoms in total. The number of thioether (sulfide) groups is 1. The molecule has 0 aromatic heterocycles. The maximum absolute atomic E-state index is 12.6. The third kappa shape index (κ3) is 8.16. The first-order chi connectivity index (χ1) is 12.5. The number of rotatable bonds is 11. The molecule has 0 spiro atoms. The van der Waals surface area contributed by atoms with Crippen LogP contribution < -0.4 is 10.0 Å². The van der Waals surface area contributed by atoms with Crippen LogP contribution in [0, 0.1) is 0 Å². The molecule has 1 aromatic rings. The Bertz CT molecular complexity index is 860. The van der Waals surface area contributed by atoms with Crippen molar-refractivity contribution in [2.45, 2.75) is 24.3 Å². The van der Waals surface area contributed by atoms with E-state index in [0.717, 1.165) is 0 Å². The molecule has 1 unspecified atom stereocenters. The van der Waals surface area contributed by atoms with Gasteiger partial charge in [0, 0.05) is 17.3 Å². The Hall–Kier alpha value is -0.520. The van der Waals surface area contributed by atoms with Gasteiger partial charge < -0.3 is 5.32 Å². The minimum atomic E-state index is -4.10. The van der Waals surface area contributed by atoms with Gasteiger partial charge in [-0.25, -0.2) is 16.8 Å². The molecular formula is C15H22Cl2N2O5S3. The van der Waals surface area contributed by atoms with Crippen LogP contribution in [0.25, 0.3) is 0 Å². The summed E-state index contributed by atoms with van der Waals surface area (Å²) in [7, 11) is -7.34. The molecule has 1 aromatic carbocycles. The Morgan fingerprint density at radius 3 is 2.48 bits per heavy atom. The van der Waals surface area contributed by atoms with Crippen LogP contribution in [0.1, 0.15) is 13.3 Å². The van der Waals surface area contributed by atoms with Crippen LogP contribution in [0.15, 0.2) is 23.1 Å². The molecule has 0 saturated carbocycles. The number of hydrogen-bond acceptors (Lipinski definition) is 6. The van der Waals surface area contributed by atoms with Crippen LogP contribution in [-0.4, -0.2) is 58.8 Å². The third-order valence-corrected chi connectivity index (χ3v) is 8.10. The van der Waals surface area contributed by atoms with Crippen molar-refractivity contribution in [1.82, 2.24) is 10.0 Å². The Morgan fingerprint density at radius 2 is 1.89 bits per heavy atom. The van der Waals surface area contributed by atoms with Crippen molar-refractivity contribution in [3.8, 4) is 0 Å². The Morgan fingerprint density at radius 1 is 1.22 bits per heavy atom. The van der Waals surface area contributed by atoms with Crippen molar-refractivity contribution in [2.75, 3.05) is 30.1 Å². The first-order valence-corrected chi connectivity index (χ1v) is 13.4. The second-order valence-electron chi connectivity index (χ2n) is 5.56. The average Bonchev–Trinajstić information content (AvgIpc) is 2.60. The number of hydrogen-bond donors (Lipinski definition) is 2. The highest BCUT2D eigenvalue weighted by atomic mass is 35.5. The van der Waals surface area contributed by atoms with Gasteiger partial charge in [0.1, 0.15) is 10.9 Å². The molecule has 12 heteroatoms. The van der Waals surface area contributed by atoms with Gasteiger partial charge in [-0.05, 0) is 36.6 Å². The SMILES string of the molecule is CCS(=O)(=O)CCNC(=O)C(CCSC)NS(=O)(=O)c1cc(Cl)ccc1Cl. The fraction of sp³-hybridized carbons (Fsp3) is 0.533. The quantitative estimate of drug-likeness (QED) is 0.504. The minimum absolute atomic E-state index is 0.0232. The topological polar surface area (TPSA) is 109 Å². The van der Waals surface area contributed by atoms with Crippen molar-refractivity contribution in [2.24, 2.45) is 0 Å². The van der Waals surface area contributed by atoms with E-state index in [1.54, 1.807) is 0 Å². The molecular weight excluding hydrogens is 455 g/mol. The van der Waals surface area contributed by atoms with Gasteiger partial charge in [0.05, 0.1) is 10.8 Å². The molecule has 1 amide bonds. The lowest BCUT2D eigenvalue weighted by Crippen LogP contribution is -2.48. The first-order valence-electron chi connectivity index (χ1n) is 7.97. The van der Waals surface area contributed by atoms with E-state index in [1.807, 2.05) is 6.26 Å². The minimum Gasteiger partial charge on any atom is -0.354 e. The van der Waals surface area contributed by atoms with Gasteiger partial charge in [0.2, 0.25) is 15.9 Å². The van der Waals surface area contributed by atoms with Crippen molar-refractivity contribution in [1.29, 1.82) is 0 Å². The average molecular weight is 477 g/mol. The zero-order chi connectivity index (χ0) is 20.7. The van der Waals surface area contributed by atoms with Crippen LogP contribution in [-0.2, 0) is 24.7 Å². The molecule has 0 saturated heterocycles. The lowest BCUT2D eigenvalue weighted by Gasteiger charge is -2.19. The maximum atomic E-state index is 12.6. The van der Waals surface area contributed by atoms with E-state index in [-0.39, 0.29) is 39.4 Å². The zero-order valence-electron chi connectivity index (χ0n) is 14.9. The molecule has 0 aliphatic heterocycles. The number of amides is 1. The van der Waals surface area contributed by atoms with Crippen molar-refractivity contribution < 1.29 is 21.6 Å². The summed E-state index contributed by atoms with van der Waals surface area (Å²) < 4.78 is 50.6. The second-order valence-corrected chi connectivity index (χ2v) is 11.5. The van der Waals surface area contributed by atoms with Gasteiger partial charge in [-0.1, -0.05) is 30.1 Å². The summed E-state index contributed by atoms with van der Waals surface area (Å²) in [5, 5.41) is 2.64. The van der Waals surface area contributed by atoms with Crippen LogP contribution >= 0.6 is 35.0 Å². The molecule has 0 aliphatic carbocycles. The third-order valence-electron chi connectivity index (χ3n) is 3.56. The van der Waals surface area contributed by atoms with E-state index in [2.05, 4.69) is 10.0 Å². The van der Waals surface area contributed by atoms with E-state index in [9.17, 15) is 21.6 Å². The highest BCUT2D eigenvalue weighted by Gasteiger charge is 2.27. The smallest absolute Gasteiger partial charge is 0.242 e. The number of carbonyl (C=O) groups is 1. The number of sulfonamides is 1. The molecule has 0 bridgehead atoms. The predicted molar refractivity (Wildman–Crippen MR) is 111 cm³/mol. The molecule has 154 valence electrons. The van der Waals surface area contributed by atoms with Crippen LogP contribution in [0.2, 0.25) is 10.0 Å². The van der Waals surface area contributed by atoms with Gasteiger partial charge in [-0.3, -0.25) is 4.79 Å². The van der Waals surface area contributed by atoms with Gasteiger partial charge in [0.25, 0.3) is 0 Å². The largest absolute Gasteiger partial charge is 0.354 e. The van der Waals surface area contributed by atoms with Crippen LogP contribution in [0.5, 0.6) is 0 Å². The fourth-order valence-electron chi connectivity index (χ4n) is 2.01. The molecule has 1 atom stereocenters. The number of halogens is 2. The fourth-order valence-corrected chi connectivity index (χ4v) is 5.18. The monoisotopic (exact) mass is 476 g/mol. The number of nitrogens with one attached hydrogen (secondary N) is 2. The summed E-state index contributed by atoms with van der Waals surface area (Å²) in [5.41, 5.74) is 0. The predicted octanol–water partition coefficient (Wildman–Crippen LogP) is 1.94. The lowest BCUT2D eigenvalue weighted by atomic mass is 10.2. The molecule has 1 rings (SSSR count). The maximum Gasteiger partial charge on any atom is 0.242 e. The van der Waals surface area contributed by atoms with E-state index in [0.29, 0.717) is 5.75 Å². The summed E-state index contributed by atoms with van der Waals surface area (Å²) >= 11 is 13.2. The highest BCUT2D eigenvalue weighted by molar-refractivity contribution is 7.98. The van der Waals surface area contributed by atoms with Gasteiger partial charge in [0.15, 0.2) is 9.84 Å². The molecule has 0 heterocycles. The summed E-state index contributed by atoms with van der Waals surface area (Å²) in [6, 6.07) is 2.94. The van der Waals surface area contributed by atoms with Crippen molar-refractivity contribution in [3.05, 3.63) is 28.2 Å². The van der Waals surface area contributed by atoms with E-state index in [4.69, 9.17) is 23.2 Å². The van der Waals surface area contributed by atoms with Gasteiger partial charge in [-0.15, -0.1) is 0 Å². The standard InChI is InChI=1S/C15H22Cl2N2O5S3/c1-3-26(21,22)9-7-18-15(20)13(6-8-25-2)19-27(23,24)14-10-11(16)4-5-12(14)17/h4-5,10,13,19H,3,6-9H2,1-2H3,(H,18,20). The van der Waals surface area contributed by atoms with E-state index < -0.39 is 31.8 Å². The first kappa shape index (κ1) is 24.5. The Labute approximate surface area is 174 Å². The summed E-state index contributed by atoms with van der Waals surface area (Å²) in [6.45, 7) is 1.42. The molecule has 0 fully saturated rings. The molecule has 27 heavy (non-hydrogen) atoms. The van der Waals surface area contributed by atoms with E-state index in [1.165, 1.54) is 36.9 Å². The number of carbonyl (C=O) groups excluding carboxylic acids is 1. The molecule has 0 aliphatic rings. The van der Waals surface area contributed by atoms with Crippen LogP contribution in [0.3, 0.4) is 0 Å². The summed E-state index contributed by atoms with van der Waals surface area (Å²) in [6.07, 6.45) is 2.05. The van der Waals surface area contributed by atoms with E-state index >= 15 is 0 Å². The zero-order valence-corrected chi connectivity index (χ0v) is 18.8. The Kier molecular flexibility index (Phi) is 9.87. The van der Waals surface area contributed by atoms with Crippen LogP contribution in [0.4, 0.5) is 0 Å². The Balaban J connectivity index is 2.92. The lowest BCUT2D eigenvalue weighted by molar-refractivity contribution is -0.122. The molecule has 0 radical (unpaired) electrons. The summed E-state index contributed by atoms with van der Waals surface area (Å²) in [4.78, 5) is 12.2. The summed E-state index contributed by atoms with van der Waals surface area (Å²) in [5.74, 6) is -0.315. The van der Waals surface area contributed by atoms with Gasteiger partial charge in [-0.2, -0.15) is 16.5 Å². The van der Waals surface area contributed by atoms with Gasteiger partial charge >= 0.3 is 0 Å². The number of benzene rings is 1. The number of sulfone groups is 1. The normalized spacial score (nSPS) is 13.3. The van der Waals surface area contributed by atoms with Crippen molar-refractivity contribution >= 4 is 60.7 Å².